The summed E-state index contributed by atoms with van der Waals surface area (Å²) in [6.45, 7) is -0.379. The van der Waals surface area contributed by atoms with Crippen LogP contribution in [0, 0.1) is 0 Å². The van der Waals surface area contributed by atoms with E-state index in [9.17, 15) is 9.59 Å². The summed E-state index contributed by atoms with van der Waals surface area (Å²) in [7, 11) is 0. The lowest BCUT2D eigenvalue weighted by atomic mass is 10.1. The van der Waals surface area contributed by atoms with Crippen molar-refractivity contribution in [2.75, 3.05) is 6.54 Å². The van der Waals surface area contributed by atoms with Crippen molar-refractivity contribution in [1.82, 2.24) is 10.3 Å². The SMILES string of the molecule is O=C(O)CNC(=O)c1cccc2cc[nH]c12. The van der Waals surface area contributed by atoms with Crippen molar-refractivity contribution < 1.29 is 14.7 Å². The highest BCUT2D eigenvalue weighted by Crippen LogP contribution is 2.16. The molecule has 0 bridgehead atoms. The Morgan fingerprint density at radius 2 is 2.12 bits per heavy atom. The first-order chi connectivity index (χ1) is 7.68. The molecule has 2 aromatic rings. The largest absolute Gasteiger partial charge is 0.480 e. The van der Waals surface area contributed by atoms with Gasteiger partial charge in [-0.2, -0.15) is 0 Å². The average Bonchev–Trinajstić information content (AvgIpc) is 2.73. The molecule has 0 fully saturated rings. The number of benzene rings is 1. The summed E-state index contributed by atoms with van der Waals surface area (Å²) in [5, 5.41) is 11.7. The van der Waals surface area contributed by atoms with Gasteiger partial charge in [-0.05, 0) is 12.1 Å². The Hall–Kier alpha value is -2.30. The first-order valence-electron chi connectivity index (χ1n) is 4.74. The van der Waals surface area contributed by atoms with Gasteiger partial charge >= 0.3 is 5.97 Å². The molecule has 0 aliphatic rings. The number of para-hydroxylation sites is 1. The number of rotatable bonds is 3. The van der Waals surface area contributed by atoms with Crippen LogP contribution in [0.1, 0.15) is 10.4 Å². The van der Waals surface area contributed by atoms with Gasteiger partial charge in [0.25, 0.3) is 5.91 Å². The van der Waals surface area contributed by atoms with Crippen LogP contribution in [0.3, 0.4) is 0 Å². The van der Waals surface area contributed by atoms with Crippen LogP contribution in [0.15, 0.2) is 30.5 Å². The van der Waals surface area contributed by atoms with E-state index >= 15 is 0 Å². The monoisotopic (exact) mass is 218 g/mol. The number of fused-ring (bicyclic) bond motifs is 1. The van der Waals surface area contributed by atoms with Crippen LogP contribution in [-0.4, -0.2) is 28.5 Å². The fourth-order valence-electron chi connectivity index (χ4n) is 1.53. The van der Waals surface area contributed by atoms with Crippen molar-refractivity contribution in [1.29, 1.82) is 0 Å². The van der Waals surface area contributed by atoms with E-state index in [1.54, 1.807) is 18.3 Å². The molecule has 3 N–H and O–H groups in total. The van der Waals surface area contributed by atoms with Crippen LogP contribution in [0.25, 0.3) is 10.9 Å². The molecule has 0 saturated carbocycles. The van der Waals surface area contributed by atoms with Gasteiger partial charge in [0.05, 0.1) is 11.1 Å². The first-order valence-corrected chi connectivity index (χ1v) is 4.74. The van der Waals surface area contributed by atoms with E-state index in [1.165, 1.54) is 0 Å². The van der Waals surface area contributed by atoms with Gasteiger partial charge in [0.2, 0.25) is 0 Å². The third-order valence-electron chi connectivity index (χ3n) is 2.23. The van der Waals surface area contributed by atoms with Gasteiger partial charge < -0.3 is 15.4 Å². The zero-order valence-corrected chi connectivity index (χ0v) is 8.36. The maximum atomic E-state index is 11.7. The molecule has 0 unspecified atom stereocenters. The number of aromatic amines is 1. The topological polar surface area (TPSA) is 82.2 Å². The first kappa shape index (κ1) is 10.2. The molecule has 82 valence electrons. The minimum atomic E-state index is -1.06. The highest BCUT2D eigenvalue weighted by molar-refractivity contribution is 6.06. The number of carboxylic acids is 1. The summed E-state index contributed by atoms with van der Waals surface area (Å²) in [6.07, 6.45) is 1.73. The van der Waals surface area contributed by atoms with Crippen LogP contribution in [-0.2, 0) is 4.79 Å². The molecule has 1 aromatic heterocycles. The van der Waals surface area contributed by atoms with Crippen molar-refractivity contribution in [2.24, 2.45) is 0 Å². The van der Waals surface area contributed by atoms with Crippen LogP contribution < -0.4 is 5.32 Å². The Morgan fingerprint density at radius 3 is 2.88 bits per heavy atom. The van der Waals surface area contributed by atoms with Gasteiger partial charge in [-0.1, -0.05) is 12.1 Å². The molecule has 1 aromatic carbocycles. The van der Waals surface area contributed by atoms with E-state index < -0.39 is 11.9 Å². The van der Waals surface area contributed by atoms with E-state index in [-0.39, 0.29) is 6.54 Å². The van der Waals surface area contributed by atoms with Crippen molar-refractivity contribution in [3.8, 4) is 0 Å². The number of hydrogen-bond donors (Lipinski definition) is 3. The number of aliphatic carboxylic acids is 1. The average molecular weight is 218 g/mol. The van der Waals surface area contributed by atoms with Gasteiger partial charge in [0.1, 0.15) is 6.54 Å². The predicted octanol–water partition coefficient (Wildman–Crippen LogP) is 0.982. The molecule has 0 radical (unpaired) electrons. The number of H-pyrrole nitrogens is 1. The minimum Gasteiger partial charge on any atom is -0.480 e. The standard InChI is InChI=1S/C11H10N2O3/c14-9(15)6-13-11(16)8-3-1-2-7-4-5-12-10(7)8/h1-5,12H,6H2,(H,13,16)(H,14,15). The van der Waals surface area contributed by atoms with Gasteiger partial charge in [0, 0.05) is 11.6 Å². The fourth-order valence-corrected chi connectivity index (χ4v) is 1.53. The molecule has 0 saturated heterocycles. The molecule has 0 aliphatic carbocycles. The number of carbonyl (C=O) groups is 2. The van der Waals surface area contributed by atoms with Crippen molar-refractivity contribution >= 4 is 22.8 Å². The van der Waals surface area contributed by atoms with Crippen molar-refractivity contribution in [2.45, 2.75) is 0 Å². The van der Waals surface area contributed by atoms with Gasteiger partial charge in [-0.3, -0.25) is 9.59 Å². The van der Waals surface area contributed by atoms with Crippen molar-refractivity contribution in [3.63, 3.8) is 0 Å². The summed E-state index contributed by atoms with van der Waals surface area (Å²) in [4.78, 5) is 24.9. The molecule has 5 heteroatoms. The second-order valence-corrected chi connectivity index (χ2v) is 3.32. The molecule has 0 atom stereocenters. The summed E-state index contributed by atoms with van der Waals surface area (Å²) < 4.78 is 0. The van der Waals surface area contributed by atoms with E-state index in [2.05, 4.69) is 10.3 Å². The third kappa shape index (κ3) is 1.88. The summed E-state index contributed by atoms with van der Waals surface area (Å²) in [5.41, 5.74) is 1.16. The maximum absolute atomic E-state index is 11.7. The Bertz CT molecular complexity index is 545. The van der Waals surface area contributed by atoms with Crippen LogP contribution in [0.4, 0.5) is 0 Å². The van der Waals surface area contributed by atoms with E-state index in [0.29, 0.717) is 11.1 Å². The number of nitrogens with one attached hydrogen (secondary N) is 2. The molecular weight excluding hydrogens is 208 g/mol. The highest BCUT2D eigenvalue weighted by atomic mass is 16.4. The summed E-state index contributed by atoms with van der Waals surface area (Å²) >= 11 is 0. The maximum Gasteiger partial charge on any atom is 0.322 e. The minimum absolute atomic E-state index is 0.379. The molecule has 5 nitrogen and oxygen atoms in total. The molecule has 2 rings (SSSR count). The Kier molecular flexibility index (Phi) is 2.59. The number of carbonyl (C=O) groups excluding carboxylic acids is 1. The highest BCUT2D eigenvalue weighted by Gasteiger charge is 2.10. The quantitative estimate of drug-likeness (QED) is 0.718. The Labute approximate surface area is 91.1 Å². The van der Waals surface area contributed by atoms with E-state index in [0.717, 1.165) is 5.39 Å². The number of amides is 1. The molecule has 1 amide bonds. The molecule has 1 heterocycles. The molecule has 16 heavy (non-hydrogen) atoms. The smallest absolute Gasteiger partial charge is 0.322 e. The van der Waals surface area contributed by atoms with Crippen LogP contribution in [0.2, 0.25) is 0 Å². The fraction of sp³-hybridized carbons (Fsp3) is 0.0909. The van der Waals surface area contributed by atoms with Crippen LogP contribution >= 0.6 is 0 Å². The summed E-state index contributed by atoms with van der Waals surface area (Å²) in [6, 6.07) is 7.13. The zero-order chi connectivity index (χ0) is 11.5. The van der Waals surface area contributed by atoms with Gasteiger partial charge in [0.15, 0.2) is 0 Å². The zero-order valence-electron chi connectivity index (χ0n) is 8.36. The van der Waals surface area contributed by atoms with E-state index in [4.69, 9.17) is 5.11 Å². The number of carboxylic acid groups (broad SMARTS) is 1. The normalized spacial score (nSPS) is 10.2. The van der Waals surface area contributed by atoms with Gasteiger partial charge in [-0.15, -0.1) is 0 Å². The second kappa shape index (κ2) is 4.06. The molecule has 0 aliphatic heterocycles. The molecular formula is C11H10N2O3. The van der Waals surface area contributed by atoms with Crippen LogP contribution in [0.5, 0.6) is 0 Å². The van der Waals surface area contributed by atoms with Crippen molar-refractivity contribution in [3.05, 3.63) is 36.0 Å². The predicted molar refractivity (Wildman–Crippen MR) is 58.3 cm³/mol. The number of hydrogen-bond acceptors (Lipinski definition) is 2. The second-order valence-electron chi connectivity index (χ2n) is 3.32. The van der Waals surface area contributed by atoms with E-state index in [1.807, 2.05) is 12.1 Å². The lowest BCUT2D eigenvalue weighted by Gasteiger charge is -2.03. The summed E-state index contributed by atoms with van der Waals surface area (Å²) in [5.74, 6) is -1.46. The molecule has 0 spiro atoms. The lowest BCUT2D eigenvalue weighted by Crippen LogP contribution is -2.29. The number of aromatic nitrogens is 1. The Balaban J connectivity index is 2.29. The lowest BCUT2D eigenvalue weighted by molar-refractivity contribution is -0.135. The Morgan fingerprint density at radius 1 is 1.31 bits per heavy atom. The third-order valence-corrected chi connectivity index (χ3v) is 2.23. The van der Waals surface area contributed by atoms with Gasteiger partial charge in [-0.25, -0.2) is 0 Å².